The summed E-state index contributed by atoms with van der Waals surface area (Å²) in [4.78, 5) is 39.2. The fourth-order valence-electron chi connectivity index (χ4n) is 3.62. The Morgan fingerprint density at radius 2 is 1.79 bits per heavy atom. The highest BCUT2D eigenvalue weighted by Crippen LogP contribution is 2.33. The molecule has 0 bridgehead atoms. The van der Waals surface area contributed by atoms with Crippen molar-refractivity contribution < 1.29 is 19.1 Å². The van der Waals surface area contributed by atoms with E-state index in [0.29, 0.717) is 18.6 Å². The number of ether oxygens (including phenoxy) is 1. The molecule has 4 amide bonds. The highest BCUT2D eigenvalue weighted by Gasteiger charge is 2.52. The van der Waals surface area contributed by atoms with E-state index in [0.717, 1.165) is 16.0 Å². The van der Waals surface area contributed by atoms with E-state index in [-0.39, 0.29) is 13.1 Å². The van der Waals surface area contributed by atoms with E-state index in [1.807, 2.05) is 55.5 Å². The maximum atomic E-state index is 13.2. The van der Waals surface area contributed by atoms with Crippen molar-refractivity contribution in [2.24, 2.45) is 0 Å². The Kier molecular flexibility index (Phi) is 6.16. The number of hydrogen-bond donors (Lipinski definition) is 2. The van der Waals surface area contributed by atoms with Crippen molar-refractivity contribution in [3.63, 3.8) is 0 Å². The largest absolute Gasteiger partial charge is 0.496 e. The zero-order chi connectivity index (χ0) is 20.9. The first kappa shape index (κ1) is 20.4. The van der Waals surface area contributed by atoms with Crippen molar-refractivity contribution in [3.8, 4) is 5.75 Å². The molecule has 0 saturated carbocycles. The van der Waals surface area contributed by atoms with Crippen LogP contribution in [0.1, 0.15) is 30.9 Å². The van der Waals surface area contributed by atoms with Gasteiger partial charge in [0.2, 0.25) is 5.91 Å². The van der Waals surface area contributed by atoms with E-state index in [9.17, 15) is 14.4 Å². The van der Waals surface area contributed by atoms with Crippen LogP contribution in [0.4, 0.5) is 4.79 Å². The van der Waals surface area contributed by atoms with E-state index in [2.05, 4.69) is 10.6 Å². The van der Waals surface area contributed by atoms with E-state index < -0.39 is 23.4 Å². The summed E-state index contributed by atoms with van der Waals surface area (Å²) in [6, 6.07) is 15.9. The van der Waals surface area contributed by atoms with Gasteiger partial charge in [0.25, 0.3) is 5.91 Å². The molecule has 1 fully saturated rings. The van der Waals surface area contributed by atoms with Crippen molar-refractivity contribution in [1.82, 2.24) is 15.5 Å². The second-order valence-electron chi connectivity index (χ2n) is 6.93. The molecule has 0 unspecified atom stereocenters. The summed E-state index contributed by atoms with van der Waals surface area (Å²) >= 11 is 0. The molecular formula is C22H25N3O4. The highest BCUT2D eigenvalue weighted by molar-refractivity contribution is 6.09. The number of carbonyl (C=O) groups is 3. The number of benzene rings is 2. The van der Waals surface area contributed by atoms with Gasteiger partial charge in [0.15, 0.2) is 0 Å². The molecule has 152 valence electrons. The Balaban J connectivity index is 1.71. The van der Waals surface area contributed by atoms with Gasteiger partial charge in [0, 0.05) is 12.1 Å². The summed E-state index contributed by atoms with van der Waals surface area (Å²) in [6.45, 7) is 1.86. The molecule has 0 aliphatic carbocycles. The van der Waals surface area contributed by atoms with Gasteiger partial charge in [-0.05, 0) is 18.1 Å². The smallest absolute Gasteiger partial charge is 0.325 e. The Hall–Kier alpha value is -3.35. The first-order chi connectivity index (χ1) is 14.0. The Labute approximate surface area is 170 Å². The van der Waals surface area contributed by atoms with Gasteiger partial charge in [-0.15, -0.1) is 0 Å². The summed E-state index contributed by atoms with van der Waals surface area (Å²) in [7, 11) is 1.56. The second kappa shape index (κ2) is 8.77. The van der Waals surface area contributed by atoms with Crippen LogP contribution in [0.25, 0.3) is 0 Å². The average Bonchev–Trinajstić information content (AvgIpc) is 2.98. The third-order valence-corrected chi connectivity index (χ3v) is 5.04. The van der Waals surface area contributed by atoms with E-state index in [1.54, 1.807) is 13.2 Å². The van der Waals surface area contributed by atoms with E-state index in [4.69, 9.17) is 4.74 Å². The number of amides is 4. The van der Waals surface area contributed by atoms with Crippen LogP contribution in [0.5, 0.6) is 5.75 Å². The monoisotopic (exact) mass is 395 g/mol. The summed E-state index contributed by atoms with van der Waals surface area (Å²) < 4.78 is 5.27. The standard InChI is InChI=1S/C22H25N3O4/c1-3-13-22(17-10-5-4-6-11-17)20(27)25(21(28)24-22)15-19(26)23-14-16-9-7-8-12-18(16)29-2/h4-12H,3,13-15H2,1-2H3,(H,23,26)(H,24,28)/t22-/m0/s1. The number of methoxy groups -OCH3 is 1. The topological polar surface area (TPSA) is 87.7 Å². The van der Waals surface area contributed by atoms with Crippen molar-refractivity contribution in [1.29, 1.82) is 0 Å². The summed E-state index contributed by atoms with van der Waals surface area (Å²) in [5.41, 5.74) is 0.401. The Morgan fingerprint density at radius 3 is 2.48 bits per heavy atom. The van der Waals surface area contributed by atoms with Crippen LogP contribution >= 0.6 is 0 Å². The van der Waals surface area contributed by atoms with Crippen molar-refractivity contribution in [3.05, 3.63) is 65.7 Å². The lowest BCUT2D eigenvalue weighted by Gasteiger charge is -2.26. The fraction of sp³-hybridized carbons (Fsp3) is 0.318. The summed E-state index contributed by atoms with van der Waals surface area (Å²) in [6.07, 6.45) is 1.16. The second-order valence-corrected chi connectivity index (χ2v) is 6.93. The first-order valence-corrected chi connectivity index (χ1v) is 9.60. The lowest BCUT2D eigenvalue weighted by molar-refractivity contribution is -0.135. The van der Waals surface area contributed by atoms with Crippen molar-refractivity contribution in [2.45, 2.75) is 31.8 Å². The number of rotatable bonds is 8. The van der Waals surface area contributed by atoms with Crippen molar-refractivity contribution in [2.75, 3.05) is 13.7 Å². The predicted octanol–water partition coefficient (Wildman–Crippen LogP) is 2.56. The molecule has 2 aromatic carbocycles. The number of nitrogens with one attached hydrogen (secondary N) is 2. The molecule has 3 rings (SSSR count). The van der Waals surface area contributed by atoms with Crippen LogP contribution < -0.4 is 15.4 Å². The maximum absolute atomic E-state index is 13.2. The maximum Gasteiger partial charge on any atom is 0.325 e. The van der Waals surface area contributed by atoms with Crippen LogP contribution in [0.15, 0.2) is 54.6 Å². The van der Waals surface area contributed by atoms with Crippen LogP contribution in [-0.4, -0.2) is 36.4 Å². The molecule has 1 aliphatic heterocycles. The van der Waals surface area contributed by atoms with Gasteiger partial charge in [0.05, 0.1) is 7.11 Å². The van der Waals surface area contributed by atoms with Gasteiger partial charge in [0.1, 0.15) is 17.8 Å². The number of hydrogen-bond acceptors (Lipinski definition) is 4. The molecule has 2 aromatic rings. The van der Waals surface area contributed by atoms with Crippen LogP contribution in [0, 0.1) is 0 Å². The quantitative estimate of drug-likeness (QED) is 0.673. The summed E-state index contributed by atoms with van der Waals surface area (Å²) in [5.74, 6) is -0.156. The molecule has 0 radical (unpaired) electrons. The Bertz CT molecular complexity index is 900. The van der Waals surface area contributed by atoms with Gasteiger partial charge in [-0.1, -0.05) is 61.9 Å². The minimum Gasteiger partial charge on any atom is -0.496 e. The molecule has 1 heterocycles. The minimum atomic E-state index is -1.13. The van der Waals surface area contributed by atoms with E-state index in [1.165, 1.54) is 0 Å². The summed E-state index contributed by atoms with van der Waals surface area (Å²) in [5, 5.41) is 5.57. The van der Waals surface area contributed by atoms with Crippen LogP contribution in [0.3, 0.4) is 0 Å². The molecule has 7 nitrogen and oxygen atoms in total. The molecule has 1 aliphatic rings. The zero-order valence-electron chi connectivity index (χ0n) is 16.6. The molecule has 1 atom stereocenters. The molecule has 1 saturated heterocycles. The van der Waals surface area contributed by atoms with Gasteiger partial charge in [-0.25, -0.2) is 4.79 Å². The third-order valence-electron chi connectivity index (χ3n) is 5.04. The highest BCUT2D eigenvalue weighted by atomic mass is 16.5. The zero-order valence-corrected chi connectivity index (χ0v) is 16.6. The van der Waals surface area contributed by atoms with Gasteiger partial charge < -0.3 is 15.4 Å². The molecule has 7 heteroatoms. The van der Waals surface area contributed by atoms with Crippen LogP contribution in [-0.2, 0) is 21.7 Å². The average molecular weight is 395 g/mol. The van der Waals surface area contributed by atoms with Crippen molar-refractivity contribution >= 4 is 17.8 Å². The number of carbonyl (C=O) groups excluding carboxylic acids is 3. The fourth-order valence-corrected chi connectivity index (χ4v) is 3.62. The molecule has 0 aromatic heterocycles. The Morgan fingerprint density at radius 1 is 1.10 bits per heavy atom. The normalized spacial score (nSPS) is 18.5. The SMILES string of the molecule is CCC[C@@]1(c2ccccc2)NC(=O)N(CC(=O)NCc2ccccc2OC)C1=O. The van der Waals surface area contributed by atoms with E-state index >= 15 is 0 Å². The number of imide groups is 1. The van der Waals surface area contributed by atoms with Gasteiger partial charge in [-0.2, -0.15) is 0 Å². The minimum absolute atomic E-state index is 0.241. The predicted molar refractivity (Wildman–Crippen MR) is 108 cm³/mol. The number of urea groups is 1. The third kappa shape index (κ3) is 4.08. The van der Waals surface area contributed by atoms with Gasteiger partial charge in [-0.3, -0.25) is 14.5 Å². The molecular weight excluding hydrogens is 370 g/mol. The lowest BCUT2D eigenvalue weighted by Crippen LogP contribution is -2.45. The molecule has 29 heavy (non-hydrogen) atoms. The molecule has 0 spiro atoms. The first-order valence-electron chi connectivity index (χ1n) is 9.60. The lowest BCUT2D eigenvalue weighted by atomic mass is 9.85. The molecule has 2 N–H and O–H groups in total. The van der Waals surface area contributed by atoms with Gasteiger partial charge >= 0.3 is 6.03 Å². The van der Waals surface area contributed by atoms with Crippen LogP contribution in [0.2, 0.25) is 0 Å². The number of nitrogens with zero attached hydrogens (tertiary/aromatic N) is 1. The number of para-hydroxylation sites is 1.